The Kier molecular flexibility index (Phi) is 7.00. The first-order valence-electron chi connectivity index (χ1n) is 12.1. The van der Waals surface area contributed by atoms with E-state index in [0.717, 1.165) is 39.6 Å². The second-order valence-electron chi connectivity index (χ2n) is 9.19. The van der Waals surface area contributed by atoms with E-state index in [9.17, 15) is 4.79 Å². The molecule has 1 amide bonds. The summed E-state index contributed by atoms with van der Waals surface area (Å²) in [6.07, 6.45) is 1.78. The molecule has 2 atom stereocenters. The molecule has 1 aliphatic rings. The minimum Gasteiger partial charge on any atom is -0.352 e. The maximum atomic E-state index is 13.2. The highest BCUT2D eigenvalue weighted by atomic mass is 35.5. The quantitative estimate of drug-likeness (QED) is 0.297. The third-order valence-electron chi connectivity index (χ3n) is 6.94. The fourth-order valence-electron chi connectivity index (χ4n) is 5.21. The van der Waals surface area contributed by atoms with Crippen LogP contribution in [0, 0.1) is 20.8 Å². The Balaban J connectivity index is 1.58. The number of amides is 1. The van der Waals surface area contributed by atoms with Crippen molar-refractivity contribution in [1.29, 1.82) is 0 Å². The van der Waals surface area contributed by atoms with Crippen LogP contribution in [0.25, 0.3) is 5.69 Å². The van der Waals surface area contributed by atoms with Crippen LogP contribution in [-0.4, -0.2) is 32.0 Å². The van der Waals surface area contributed by atoms with Gasteiger partial charge in [0, 0.05) is 39.5 Å². The largest absolute Gasteiger partial charge is 0.352 e. The second-order valence-corrected chi connectivity index (χ2v) is 10.0. The zero-order valence-corrected chi connectivity index (χ0v) is 22.5. The summed E-state index contributed by atoms with van der Waals surface area (Å²) in [6, 6.07) is 22.7. The summed E-state index contributed by atoms with van der Waals surface area (Å²) in [5.41, 5.74) is 7.06. The molecule has 4 aromatic rings. The van der Waals surface area contributed by atoms with E-state index in [0.29, 0.717) is 10.1 Å². The van der Waals surface area contributed by atoms with Gasteiger partial charge in [-0.1, -0.05) is 41.9 Å². The zero-order chi connectivity index (χ0) is 26.1. The lowest BCUT2D eigenvalue weighted by Crippen LogP contribution is -2.37. The van der Waals surface area contributed by atoms with Gasteiger partial charge in [-0.25, -0.2) is 0 Å². The molecule has 0 spiro atoms. The molecule has 0 saturated carbocycles. The minimum atomic E-state index is -0.233. The molecule has 6 nitrogen and oxygen atoms in total. The SMILES string of the molecule is Cc1c([C@H]2[C@H](c3ccccn3)NC(=S)N2CC(=O)Nc2ccccc2)c(C)n(-c2cccc(Cl)c2)c1C. The number of hydrogen-bond acceptors (Lipinski definition) is 3. The first-order valence-corrected chi connectivity index (χ1v) is 12.9. The Morgan fingerprint density at radius 1 is 1.03 bits per heavy atom. The Labute approximate surface area is 227 Å². The number of pyridine rings is 1. The third-order valence-corrected chi connectivity index (χ3v) is 7.53. The van der Waals surface area contributed by atoms with Crippen LogP contribution in [0.3, 0.4) is 0 Å². The number of para-hydroxylation sites is 1. The lowest BCUT2D eigenvalue weighted by atomic mass is 9.93. The number of anilines is 1. The van der Waals surface area contributed by atoms with Crippen molar-refractivity contribution in [3.05, 3.63) is 112 Å². The molecule has 0 radical (unpaired) electrons. The smallest absolute Gasteiger partial charge is 0.244 e. The Morgan fingerprint density at radius 3 is 2.49 bits per heavy atom. The average molecular weight is 530 g/mol. The van der Waals surface area contributed by atoms with Crippen molar-refractivity contribution in [2.45, 2.75) is 32.9 Å². The van der Waals surface area contributed by atoms with Crippen LogP contribution in [0.1, 0.15) is 40.3 Å². The highest BCUT2D eigenvalue weighted by Crippen LogP contribution is 2.43. The summed E-state index contributed by atoms with van der Waals surface area (Å²) in [4.78, 5) is 19.8. The summed E-state index contributed by atoms with van der Waals surface area (Å²) in [7, 11) is 0. The van der Waals surface area contributed by atoms with E-state index in [1.54, 1.807) is 6.20 Å². The van der Waals surface area contributed by atoms with E-state index in [1.165, 1.54) is 0 Å². The molecule has 37 heavy (non-hydrogen) atoms. The fourth-order valence-corrected chi connectivity index (χ4v) is 5.70. The Morgan fingerprint density at radius 2 is 1.78 bits per heavy atom. The van der Waals surface area contributed by atoms with Crippen molar-refractivity contribution in [2.24, 2.45) is 0 Å². The number of nitrogens with one attached hydrogen (secondary N) is 2. The molecule has 1 aliphatic heterocycles. The first kappa shape index (κ1) is 25.0. The van der Waals surface area contributed by atoms with Crippen LogP contribution >= 0.6 is 23.8 Å². The number of nitrogens with zero attached hydrogens (tertiary/aromatic N) is 3. The van der Waals surface area contributed by atoms with Gasteiger partial charge in [-0.3, -0.25) is 9.78 Å². The lowest BCUT2D eigenvalue weighted by Gasteiger charge is -2.28. The number of benzene rings is 2. The van der Waals surface area contributed by atoms with E-state index in [-0.39, 0.29) is 24.5 Å². The molecule has 2 N–H and O–H groups in total. The van der Waals surface area contributed by atoms with Gasteiger partial charge in [0.1, 0.15) is 6.54 Å². The van der Waals surface area contributed by atoms with E-state index < -0.39 is 0 Å². The van der Waals surface area contributed by atoms with E-state index in [4.69, 9.17) is 23.8 Å². The molecular formula is C29H28ClN5OS. The maximum absolute atomic E-state index is 13.2. The van der Waals surface area contributed by atoms with Gasteiger partial charge in [0.25, 0.3) is 0 Å². The van der Waals surface area contributed by atoms with Gasteiger partial charge in [0.15, 0.2) is 5.11 Å². The van der Waals surface area contributed by atoms with Gasteiger partial charge < -0.3 is 20.1 Å². The summed E-state index contributed by atoms with van der Waals surface area (Å²) >= 11 is 12.1. The van der Waals surface area contributed by atoms with Crippen molar-refractivity contribution >= 4 is 40.5 Å². The molecule has 0 bridgehead atoms. The van der Waals surface area contributed by atoms with Crippen molar-refractivity contribution < 1.29 is 4.79 Å². The van der Waals surface area contributed by atoms with Gasteiger partial charge in [-0.2, -0.15) is 0 Å². The van der Waals surface area contributed by atoms with Gasteiger partial charge >= 0.3 is 0 Å². The molecule has 1 saturated heterocycles. The van der Waals surface area contributed by atoms with Crippen LogP contribution < -0.4 is 10.6 Å². The predicted molar refractivity (Wildman–Crippen MR) is 152 cm³/mol. The van der Waals surface area contributed by atoms with Crippen LogP contribution in [0.2, 0.25) is 5.02 Å². The Hall–Kier alpha value is -3.68. The molecule has 0 unspecified atom stereocenters. The van der Waals surface area contributed by atoms with Crippen LogP contribution in [0.5, 0.6) is 0 Å². The summed E-state index contributed by atoms with van der Waals surface area (Å²) in [5, 5.41) is 7.65. The van der Waals surface area contributed by atoms with Gasteiger partial charge in [-0.05, 0) is 81.0 Å². The third kappa shape index (κ3) is 4.84. The highest BCUT2D eigenvalue weighted by Gasteiger charge is 2.43. The molecule has 3 heterocycles. The normalized spacial score (nSPS) is 17.1. The number of halogens is 1. The average Bonchev–Trinajstić information content (AvgIpc) is 3.31. The standard InChI is InChI=1S/C29H28ClN5OS/c1-18-19(2)35(23-13-9-10-21(30)16-23)20(3)26(18)28-27(24-14-7-8-15-31-24)33-29(37)34(28)17-25(36)32-22-11-5-4-6-12-22/h4-16,27-28H,17H2,1-3H3,(H,32,36)(H,33,37)/t27-,28-/m0/s1. The highest BCUT2D eigenvalue weighted by molar-refractivity contribution is 7.80. The van der Waals surface area contributed by atoms with E-state index in [2.05, 4.69) is 41.0 Å². The fraction of sp³-hybridized carbons (Fsp3) is 0.207. The lowest BCUT2D eigenvalue weighted by molar-refractivity contribution is -0.116. The van der Waals surface area contributed by atoms with E-state index >= 15 is 0 Å². The number of hydrogen-bond donors (Lipinski definition) is 2. The molecule has 5 rings (SSSR count). The van der Waals surface area contributed by atoms with Crippen LogP contribution in [0.15, 0.2) is 79.0 Å². The molecule has 2 aromatic heterocycles. The summed E-state index contributed by atoms with van der Waals surface area (Å²) in [6.45, 7) is 6.44. The topological polar surface area (TPSA) is 62.2 Å². The summed E-state index contributed by atoms with van der Waals surface area (Å²) in [5.74, 6) is -0.136. The van der Waals surface area contributed by atoms with Crippen molar-refractivity contribution in [2.75, 3.05) is 11.9 Å². The van der Waals surface area contributed by atoms with Crippen molar-refractivity contribution in [3.63, 3.8) is 0 Å². The van der Waals surface area contributed by atoms with Gasteiger partial charge in [-0.15, -0.1) is 0 Å². The van der Waals surface area contributed by atoms with E-state index in [1.807, 2.05) is 77.7 Å². The molecular weight excluding hydrogens is 502 g/mol. The van der Waals surface area contributed by atoms with Crippen molar-refractivity contribution in [3.8, 4) is 5.69 Å². The minimum absolute atomic E-state index is 0.106. The number of thiocarbonyl (C=S) groups is 1. The number of carbonyl (C=O) groups is 1. The molecule has 1 fully saturated rings. The first-order chi connectivity index (χ1) is 17.8. The van der Waals surface area contributed by atoms with Gasteiger partial charge in [0.2, 0.25) is 5.91 Å². The molecule has 2 aromatic carbocycles. The number of aromatic nitrogens is 2. The maximum Gasteiger partial charge on any atom is 0.244 e. The zero-order valence-electron chi connectivity index (χ0n) is 20.9. The van der Waals surface area contributed by atoms with Crippen LogP contribution in [0.4, 0.5) is 5.69 Å². The Bertz CT molecular complexity index is 1450. The molecule has 0 aliphatic carbocycles. The molecule has 188 valence electrons. The molecule has 8 heteroatoms. The van der Waals surface area contributed by atoms with Gasteiger partial charge in [0.05, 0.1) is 17.8 Å². The predicted octanol–water partition coefficient (Wildman–Crippen LogP) is 6.06. The van der Waals surface area contributed by atoms with Crippen molar-refractivity contribution in [1.82, 2.24) is 19.8 Å². The number of carbonyl (C=O) groups excluding carboxylic acids is 1. The van der Waals surface area contributed by atoms with Crippen LogP contribution in [-0.2, 0) is 4.79 Å². The number of rotatable bonds is 6. The summed E-state index contributed by atoms with van der Waals surface area (Å²) < 4.78 is 2.22. The second kappa shape index (κ2) is 10.4. The monoisotopic (exact) mass is 529 g/mol.